The van der Waals surface area contributed by atoms with Crippen molar-refractivity contribution in [3.63, 3.8) is 0 Å². The summed E-state index contributed by atoms with van der Waals surface area (Å²) in [6.07, 6.45) is 2.50. The van der Waals surface area contributed by atoms with E-state index in [9.17, 15) is 0 Å². The fraction of sp³-hybridized carbons (Fsp3) is 0.143. The van der Waals surface area contributed by atoms with Crippen molar-refractivity contribution in [3.8, 4) is 11.9 Å². The lowest BCUT2D eigenvalue weighted by atomic mass is 10.3. The minimum Gasteiger partial charge on any atom is -0.481 e. The minimum atomic E-state index is 0.417. The highest BCUT2D eigenvalue weighted by Gasteiger charge is 1.92. The third kappa shape index (κ3) is 1.23. The van der Waals surface area contributed by atoms with Crippen LogP contribution in [0.25, 0.3) is 0 Å². The molecular weight excluding hydrogens is 128 g/mol. The summed E-state index contributed by atoms with van der Waals surface area (Å²) in [5, 5.41) is 8.34. The quantitative estimate of drug-likeness (QED) is 0.568. The first-order valence-corrected chi connectivity index (χ1v) is 2.69. The normalized spacial score (nSPS) is 8.40. The molecule has 1 rings (SSSR count). The van der Waals surface area contributed by atoms with Gasteiger partial charge in [-0.3, -0.25) is 0 Å². The molecule has 3 nitrogen and oxygen atoms in total. The van der Waals surface area contributed by atoms with Crippen LogP contribution in [0, 0.1) is 17.5 Å². The Morgan fingerprint density at radius 2 is 2.50 bits per heavy atom. The van der Waals surface area contributed by atoms with Gasteiger partial charge in [-0.1, -0.05) is 0 Å². The van der Waals surface area contributed by atoms with Gasteiger partial charge in [-0.05, 0) is 6.07 Å². The van der Waals surface area contributed by atoms with E-state index >= 15 is 0 Å². The van der Waals surface area contributed by atoms with Crippen molar-refractivity contribution in [3.05, 3.63) is 23.9 Å². The van der Waals surface area contributed by atoms with Gasteiger partial charge in [0.15, 0.2) is 0 Å². The van der Waals surface area contributed by atoms with E-state index in [4.69, 9.17) is 10.00 Å². The molecule has 0 spiro atoms. The topological polar surface area (TPSA) is 45.9 Å². The van der Waals surface area contributed by atoms with Gasteiger partial charge in [0, 0.05) is 6.07 Å². The molecule has 0 aliphatic heterocycles. The van der Waals surface area contributed by atoms with Crippen molar-refractivity contribution in [2.75, 3.05) is 7.11 Å². The Labute approximate surface area is 58.9 Å². The predicted octanol–water partition coefficient (Wildman–Crippen LogP) is 0.762. The van der Waals surface area contributed by atoms with E-state index in [1.54, 1.807) is 12.1 Å². The Bertz CT molecular complexity index is 247. The Morgan fingerprint density at radius 3 is 2.90 bits per heavy atom. The van der Waals surface area contributed by atoms with Gasteiger partial charge < -0.3 is 4.74 Å². The third-order valence-corrected chi connectivity index (χ3v) is 1.01. The summed E-state index contributed by atoms with van der Waals surface area (Å²) in [5.74, 6) is 0.471. The summed E-state index contributed by atoms with van der Waals surface area (Å²) in [4.78, 5) is 3.70. The Kier molecular flexibility index (Phi) is 1.86. The molecule has 0 unspecified atom stereocenters. The van der Waals surface area contributed by atoms with E-state index in [0.29, 0.717) is 11.4 Å². The van der Waals surface area contributed by atoms with Crippen molar-refractivity contribution < 1.29 is 4.74 Å². The lowest BCUT2D eigenvalue weighted by molar-refractivity contribution is 0.397. The molecule has 3 heteroatoms. The highest BCUT2D eigenvalue weighted by molar-refractivity contribution is 5.26. The fourth-order valence-corrected chi connectivity index (χ4v) is 0.520. The second-order valence-corrected chi connectivity index (χ2v) is 1.62. The maximum absolute atomic E-state index is 8.34. The summed E-state index contributed by atoms with van der Waals surface area (Å²) in [6.45, 7) is 0. The predicted molar refractivity (Wildman–Crippen MR) is 34.3 cm³/mol. The number of hydrogen-bond donors (Lipinski definition) is 0. The number of pyridine rings is 1. The summed E-state index contributed by atoms with van der Waals surface area (Å²) in [7, 11) is 1.52. The van der Waals surface area contributed by atoms with Crippen LogP contribution in [0.3, 0.4) is 0 Å². The van der Waals surface area contributed by atoms with Crippen molar-refractivity contribution in [1.82, 2.24) is 4.98 Å². The van der Waals surface area contributed by atoms with E-state index in [1.165, 1.54) is 7.11 Å². The molecule has 0 atom stereocenters. The molecule has 0 bridgehead atoms. The van der Waals surface area contributed by atoms with Gasteiger partial charge >= 0.3 is 0 Å². The first-order valence-electron chi connectivity index (χ1n) is 2.69. The second kappa shape index (κ2) is 2.83. The molecule has 1 aromatic heterocycles. The van der Waals surface area contributed by atoms with Crippen LogP contribution in [0.15, 0.2) is 12.1 Å². The maximum Gasteiger partial charge on any atom is 0.213 e. The van der Waals surface area contributed by atoms with Gasteiger partial charge in [0.1, 0.15) is 12.3 Å². The highest BCUT2D eigenvalue weighted by Crippen LogP contribution is 2.03. The third-order valence-electron chi connectivity index (χ3n) is 1.01. The van der Waals surface area contributed by atoms with Crippen molar-refractivity contribution >= 4 is 0 Å². The highest BCUT2D eigenvalue weighted by atomic mass is 16.5. The first-order chi connectivity index (χ1) is 4.86. The smallest absolute Gasteiger partial charge is 0.213 e. The minimum absolute atomic E-state index is 0.417. The monoisotopic (exact) mass is 133 g/mol. The van der Waals surface area contributed by atoms with Gasteiger partial charge in [-0.2, -0.15) is 5.26 Å². The van der Waals surface area contributed by atoms with Crippen LogP contribution in [0.2, 0.25) is 0 Å². The van der Waals surface area contributed by atoms with E-state index in [-0.39, 0.29) is 0 Å². The Balaban J connectivity index is 2.93. The van der Waals surface area contributed by atoms with E-state index in [1.807, 2.05) is 6.07 Å². The van der Waals surface area contributed by atoms with Crippen LogP contribution >= 0.6 is 0 Å². The van der Waals surface area contributed by atoms with Gasteiger partial charge in [0.05, 0.1) is 12.7 Å². The number of hydrogen-bond acceptors (Lipinski definition) is 3. The summed E-state index contributed by atoms with van der Waals surface area (Å²) in [6, 6.07) is 5.13. The average Bonchev–Trinajstić information content (AvgIpc) is 2.05. The zero-order chi connectivity index (χ0) is 7.40. The SMILES string of the molecule is COc1ccc(C#N)[c]n1. The van der Waals surface area contributed by atoms with Crippen LogP contribution in [0.4, 0.5) is 0 Å². The summed E-state index contributed by atoms with van der Waals surface area (Å²) >= 11 is 0. The Morgan fingerprint density at radius 1 is 1.70 bits per heavy atom. The van der Waals surface area contributed by atoms with Crippen molar-refractivity contribution in [2.24, 2.45) is 0 Å². The molecule has 0 saturated heterocycles. The molecule has 0 aliphatic rings. The maximum atomic E-state index is 8.34. The molecule has 0 amide bonds. The van der Waals surface area contributed by atoms with Gasteiger partial charge in [0.2, 0.25) is 5.88 Å². The molecule has 0 saturated carbocycles. The van der Waals surface area contributed by atoms with Gasteiger partial charge in [-0.25, -0.2) is 4.98 Å². The molecule has 0 aromatic carbocycles. The summed E-state index contributed by atoms with van der Waals surface area (Å²) in [5.41, 5.74) is 0.417. The number of aromatic nitrogens is 1. The molecular formula is C7H5N2O. The summed E-state index contributed by atoms with van der Waals surface area (Å²) < 4.78 is 4.76. The molecule has 0 fully saturated rings. The average molecular weight is 133 g/mol. The number of methoxy groups -OCH3 is 1. The van der Waals surface area contributed by atoms with Crippen LogP contribution in [0.5, 0.6) is 5.88 Å². The van der Waals surface area contributed by atoms with Gasteiger partial charge in [0.25, 0.3) is 0 Å². The van der Waals surface area contributed by atoms with E-state index in [2.05, 4.69) is 11.2 Å². The van der Waals surface area contributed by atoms with Crippen LogP contribution in [-0.4, -0.2) is 12.1 Å². The lowest BCUT2D eigenvalue weighted by Gasteiger charge is -1.94. The molecule has 1 heterocycles. The number of rotatable bonds is 1. The number of ether oxygens (including phenoxy) is 1. The largest absolute Gasteiger partial charge is 0.481 e. The van der Waals surface area contributed by atoms with Crippen LogP contribution < -0.4 is 4.74 Å². The number of nitriles is 1. The van der Waals surface area contributed by atoms with E-state index in [0.717, 1.165) is 0 Å². The molecule has 0 aliphatic carbocycles. The number of nitrogens with zero attached hydrogens (tertiary/aromatic N) is 2. The standard InChI is InChI=1S/C7H5N2O/c1-10-7-3-2-6(4-8)5-9-7/h2-3H,1H3. The van der Waals surface area contributed by atoms with E-state index < -0.39 is 0 Å². The molecule has 1 aromatic rings. The zero-order valence-corrected chi connectivity index (χ0v) is 5.46. The fourth-order valence-electron chi connectivity index (χ4n) is 0.520. The van der Waals surface area contributed by atoms with Crippen molar-refractivity contribution in [1.29, 1.82) is 5.26 Å². The first kappa shape index (κ1) is 6.56. The zero-order valence-electron chi connectivity index (χ0n) is 5.46. The molecule has 1 radical (unpaired) electrons. The van der Waals surface area contributed by atoms with Crippen LogP contribution in [0.1, 0.15) is 5.56 Å². The van der Waals surface area contributed by atoms with Gasteiger partial charge in [-0.15, -0.1) is 0 Å². The second-order valence-electron chi connectivity index (χ2n) is 1.62. The molecule has 10 heavy (non-hydrogen) atoms. The van der Waals surface area contributed by atoms with Crippen LogP contribution in [-0.2, 0) is 0 Å². The van der Waals surface area contributed by atoms with Crippen molar-refractivity contribution in [2.45, 2.75) is 0 Å². The molecule has 49 valence electrons. The Hall–Kier alpha value is -1.56. The molecule has 0 N–H and O–H groups in total. The lowest BCUT2D eigenvalue weighted by Crippen LogP contribution is -1.86.